The van der Waals surface area contributed by atoms with Gasteiger partial charge in [0.15, 0.2) is 0 Å². The summed E-state index contributed by atoms with van der Waals surface area (Å²) in [6.07, 6.45) is 1.83. The molecule has 6 nitrogen and oxygen atoms in total. The number of aryl methyl sites for hydroxylation is 1. The molecule has 0 saturated carbocycles. The van der Waals surface area contributed by atoms with Gasteiger partial charge in [0.1, 0.15) is 5.69 Å². The van der Waals surface area contributed by atoms with Crippen LogP contribution in [0.5, 0.6) is 0 Å². The van der Waals surface area contributed by atoms with E-state index in [2.05, 4.69) is 26.3 Å². The lowest BCUT2D eigenvalue weighted by atomic mass is 9.99. The van der Waals surface area contributed by atoms with Gasteiger partial charge in [-0.2, -0.15) is 0 Å². The summed E-state index contributed by atoms with van der Waals surface area (Å²) >= 11 is 0. The fourth-order valence-electron chi connectivity index (χ4n) is 2.87. The van der Waals surface area contributed by atoms with Crippen molar-refractivity contribution < 1.29 is 4.74 Å². The van der Waals surface area contributed by atoms with Gasteiger partial charge in [-0.3, -0.25) is 14.6 Å². The van der Waals surface area contributed by atoms with Crippen LogP contribution in [0.3, 0.4) is 0 Å². The quantitative estimate of drug-likeness (QED) is 0.830. The number of rotatable bonds is 4. The molecule has 0 saturated heterocycles. The second-order valence-electron chi connectivity index (χ2n) is 5.19. The van der Waals surface area contributed by atoms with E-state index in [1.807, 2.05) is 30.1 Å². The predicted molar refractivity (Wildman–Crippen MR) is 74.0 cm³/mol. The van der Waals surface area contributed by atoms with Crippen LogP contribution in [0.4, 0.5) is 0 Å². The first kappa shape index (κ1) is 13.2. The molecule has 106 valence electrons. The van der Waals surface area contributed by atoms with Gasteiger partial charge in [-0.25, -0.2) is 0 Å². The molecule has 1 aliphatic heterocycles. The molecule has 0 amide bonds. The largest absolute Gasteiger partial charge is 0.384 e. The SMILES string of the molecule is COCC1CN(Cc2ccccn2)Cc2nnn(C)c21. The van der Waals surface area contributed by atoms with Crippen molar-refractivity contribution in [1.29, 1.82) is 0 Å². The maximum absolute atomic E-state index is 5.35. The fraction of sp³-hybridized carbons (Fsp3) is 0.500. The Balaban J connectivity index is 1.79. The van der Waals surface area contributed by atoms with Crippen molar-refractivity contribution in [2.75, 3.05) is 20.3 Å². The molecule has 2 aromatic heterocycles. The highest BCUT2D eigenvalue weighted by Crippen LogP contribution is 2.27. The Morgan fingerprint density at radius 1 is 1.40 bits per heavy atom. The summed E-state index contributed by atoms with van der Waals surface area (Å²) in [5.74, 6) is 0.312. The third-order valence-electron chi connectivity index (χ3n) is 3.66. The molecule has 0 radical (unpaired) electrons. The van der Waals surface area contributed by atoms with Crippen molar-refractivity contribution in [3.05, 3.63) is 41.5 Å². The van der Waals surface area contributed by atoms with Crippen LogP contribution >= 0.6 is 0 Å². The van der Waals surface area contributed by atoms with E-state index in [0.717, 1.165) is 31.0 Å². The summed E-state index contributed by atoms with van der Waals surface area (Å²) in [5.41, 5.74) is 3.33. The minimum Gasteiger partial charge on any atom is -0.384 e. The molecule has 3 rings (SSSR count). The summed E-state index contributed by atoms with van der Waals surface area (Å²) in [5, 5.41) is 8.42. The van der Waals surface area contributed by atoms with E-state index in [0.29, 0.717) is 12.5 Å². The topological polar surface area (TPSA) is 56.1 Å². The van der Waals surface area contributed by atoms with Crippen molar-refractivity contribution in [3.8, 4) is 0 Å². The molecule has 0 bridgehead atoms. The van der Waals surface area contributed by atoms with Crippen molar-refractivity contribution in [2.45, 2.75) is 19.0 Å². The van der Waals surface area contributed by atoms with Gasteiger partial charge < -0.3 is 4.74 Å². The highest BCUT2D eigenvalue weighted by Gasteiger charge is 2.29. The highest BCUT2D eigenvalue weighted by molar-refractivity contribution is 5.20. The van der Waals surface area contributed by atoms with E-state index < -0.39 is 0 Å². The summed E-state index contributed by atoms with van der Waals surface area (Å²) < 4.78 is 7.22. The molecule has 0 aromatic carbocycles. The minimum atomic E-state index is 0.312. The normalized spacial score (nSPS) is 19.0. The summed E-state index contributed by atoms with van der Waals surface area (Å²) in [7, 11) is 3.68. The van der Waals surface area contributed by atoms with Crippen LogP contribution < -0.4 is 0 Å². The maximum Gasteiger partial charge on any atom is 0.100 e. The van der Waals surface area contributed by atoms with Gasteiger partial charge >= 0.3 is 0 Å². The van der Waals surface area contributed by atoms with Crippen LogP contribution in [0.1, 0.15) is 23.0 Å². The Morgan fingerprint density at radius 3 is 3.05 bits per heavy atom. The zero-order valence-corrected chi connectivity index (χ0v) is 11.9. The van der Waals surface area contributed by atoms with Crippen molar-refractivity contribution in [1.82, 2.24) is 24.9 Å². The molecule has 1 aliphatic rings. The van der Waals surface area contributed by atoms with E-state index in [4.69, 9.17) is 4.74 Å². The molecule has 2 aromatic rings. The van der Waals surface area contributed by atoms with Gasteiger partial charge in [-0.15, -0.1) is 5.10 Å². The van der Waals surface area contributed by atoms with Crippen molar-refractivity contribution >= 4 is 0 Å². The Labute approximate surface area is 118 Å². The highest BCUT2D eigenvalue weighted by atomic mass is 16.5. The van der Waals surface area contributed by atoms with Crippen LogP contribution in [0, 0.1) is 0 Å². The Hall–Kier alpha value is -1.79. The number of methoxy groups -OCH3 is 1. The molecule has 20 heavy (non-hydrogen) atoms. The molecule has 1 atom stereocenters. The van der Waals surface area contributed by atoms with Crippen LogP contribution in [-0.4, -0.2) is 45.1 Å². The molecule has 3 heterocycles. The standard InChI is InChI=1S/C14H19N5O/c1-18-14-11(10-20-2)7-19(9-13(14)16-17-18)8-12-5-3-4-6-15-12/h3-6,11H,7-10H2,1-2H3. The van der Waals surface area contributed by atoms with Crippen LogP contribution in [0.25, 0.3) is 0 Å². The van der Waals surface area contributed by atoms with Crippen molar-refractivity contribution in [2.24, 2.45) is 7.05 Å². The lowest BCUT2D eigenvalue weighted by Gasteiger charge is -2.31. The monoisotopic (exact) mass is 273 g/mol. The molecule has 0 aliphatic carbocycles. The second kappa shape index (κ2) is 5.68. The first-order valence-corrected chi connectivity index (χ1v) is 6.77. The van der Waals surface area contributed by atoms with E-state index in [9.17, 15) is 0 Å². The number of nitrogens with zero attached hydrogens (tertiary/aromatic N) is 5. The number of fused-ring (bicyclic) bond motifs is 1. The van der Waals surface area contributed by atoms with Crippen LogP contribution in [-0.2, 0) is 24.9 Å². The lowest BCUT2D eigenvalue weighted by Crippen LogP contribution is -2.36. The van der Waals surface area contributed by atoms with E-state index in [1.54, 1.807) is 7.11 Å². The Morgan fingerprint density at radius 2 is 2.30 bits per heavy atom. The van der Waals surface area contributed by atoms with Crippen LogP contribution in [0.2, 0.25) is 0 Å². The Kier molecular flexibility index (Phi) is 3.75. The zero-order chi connectivity index (χ0) is 13.9. The molecular formula is C14H19N5O. The minimum absolute atomic E-state index is 0.312. The zero-order valence-electron chi connectivity index (χ0n) is 11.9. The summed E-state index contributed by atoms with van der Waals surface area (Å²) in [4.78, 5) is 6.74. The van der Waals surface area contributed by atoms with Gasteiger partial charge in [-0.05, 0) is 12.1 Å². The predicted octanol–water partition coefficient (Wildman–Crippen LogP) is 0.956. The first-order valence-electron chi connectivity index (χ1n) is 6.77. The first-order chi connectivity index (χ1) is 9.78. The summed E-state index contributed by atoms with van der Waals surface area (Å²) in [6.45, 7) is 3.28. The van der Waals surface area contributed by atoms with Gasteiger partial charge in [0.05, 0.1) is 18.0 Å². The molecule has 0 fully saturated rings. The average molecular weight is 273 g/mol. The number of hydrogen-bond donors (Lipinski definition) is 0. The van der Waals surface area contributed by atoms with E-state index >= 15 is 0 Å². The lowest BCUT2D eigenvalue weighted by molar-refractivity contribution is 0.131. The number of ether oxygens (including phenoxy) is 1. The van der Waals surface area contributed by atoms with Gasteiger partial charge in [-0.1, -0.05) is 11.3 Å². The molecule has 0 N–H and O–H groups in total. The molecule has 6 heteroatoms. The summed E-state index contributed by atoms with van der Waals surface area (Å²) in [6, 6.07) is 6.01. The van der Waals surface area contributed by atoms with Gasteiger partial charge in [0, 0.05) is 45.9 Å². The molecule has 1 unspecified atom stereocenters. The second-order valence-corrected chi connectivity index (χ2v) is 5.19. The smallest absolute Gasteiger partial charge is 0.100 e. The number of hydrogen-bond acceptors (Lipinski definition) is 5. The molecule has 0 spiro atoms. The third-order valence-corrected chi connectivity index (χ3v) is 3.66. The van der Waals surface area contributed by atoms with Gasteiger partial charge in [0.25, 0.3) is 0 Å². The number of pyridine rings is 1. The van der Waals surface area contributed by atoms with E-state index in [1.165, 1.54) is 5.69 Å². The van der Waals surface area contributed by atoms with Crippen molar-refractivity contribution in [3.63, 3.8) is 0 Å². The molecular weight excluding hydrogens is 254 g/mol. The number of aromatic nitrogens is 4. The Bertz CT molecular complexity index is 568. The van der Waals surface area contributed by atoms with Crippen LogP contribution in [0.15, 0.2) is 24.4 Å². The fourth-order valence-corrected chi connectivity index (χ4v) is 2.87. The van der Waals surface area contributed by atoms with Gasteiger partial charge in [0.2, 0.25) is 0 Å². The maximum atomic E-state index is 5.35. The average Bonchev–Trinajstić information content (AvgIpc) is 2.82. The van der Waals surface area contributed by atoms with E-state index in [-0.39, 0.29) is 0 Å². The third kappa shape index (κ3) is 2.57.